The first-order valence-electron chi connectivity index (χ1n) is 16.1. The van der Waals surface area contributed by atoms with Gasteiger partial charge in [-0.15, -0.1) is 24.9 Å². The van der Waals surface area contributed by atoms with Gasteiger partial charge in [-0.25, -0.2) is 0 Å². The van der Waals surface area contributed by atoms with Gasteiger partial charge in [-0.05, 0) is 69.4 Å². The fourth-order valence-corrected chi connectivity index (χ4v) is 9.72. The van der Waals surface area contributed by atoms with E-state index in [4.69, 9.17) is 4.74 Å². The Morgan fingerprint density at radius 3 is 2.40 bits per heavy atom. The summed E-state index contributed by atoms with van der Waals surface area (Å²) < 4.78 is 4.89. The first kappa shape index (κ1) is 32.8. The zero-order valence-electron chi connectivity index (χ0n) is 26.3. The monoisotopic (exact) mass is 631 g/mol. The maximum absolute atomic E-state index is 15.0. The third-order valence-electron chi connectivity index (χ3n) is 9.60. The maximum Gasteiger partial charge on any atom is 0.310 e. The van der Waals surface area contributed by atoms with E-state index in [1.807, 2.05) is 54.6 Å². The Morgan fingerprint density at radius 2 is 1.78 bits per heavy atom. The highest BCUT2D eigenvalue weighted by Gasteiger charge is 2.75. The summed E-state index contributed by atoms with van der Waals surface area (Å²) in [4.78, 5) is 48.7. The number of carbonyl (C=O) groups excluding carboxylic acids is 3. The maximum atomic E-state index is 15.0. The molecule has 45 heavy (non-hydrogen) atoms. The number of unbranched alkanes of at least 4 members (excludes halogenated alkanes) is 1. The molecule has 2 bridgehead atoms. The van der Waals surface area contributed by atoms with Gasteiger partial charge in [0.1, 0.15) is 6.04 Å². The smallest absolute Gasteiger partial charge is 0.310 e. The minimum absolute atomic E-state index is 0.103. The Bertz CT molecular complexity index is 1380. The van der Waals surface area contributed by atoms with Crippen LogP contribution < -0.4 is 9.80 Å². The van der Waals surface area contributed by atoms with Crippen molar-refractivity contribution in [1.29, 1.82) is 0 Å². The number of aliphatic hydroxyl groups excluding tert-OH is 1. The molecule has 9 heteroatoms. The minimum atomic E-state index is -0.886. The molecule has 8 nitrogen and oxygen atoms in total. The Balaban J connectivity index is 1.56. The third kappa shape index (κ3) is 5.92. The normalized spacial score (nSPS) is 25.5. The number of fused-ring (bicyclic) bond motifs is 1. The number of hydrogen-bond donors (Lipinski definition) is 1. The number of allylic oxidation sites excluding steroid dienone is 1. The number of amides is 2. The largest absolute Gasteiger partial charge is 0.465 e. The van der Waals surface area contributed by atoms with E-state index in [0.717, 1.165) is 30.8 Å². The van der Waals surface area contributed by atoms with Crippen molar-refractivity contribution in [3.05, 3.63) is 85.5 Å². The van der Waals surface area contributed by atoms with E-state index in [-0.39, 0.29) is 42.8 Å². The molecule has 2 amide bonds. The van der Waals surface area contributed by atoms with E-state index in [1.54, 1.807) is 33.7 Å². The predicted octanol–water partition coefficient (Wildman–Crippen LogP) is 5.39. The number of thioether (sulfide) groups is 1. The number of benzene rings is 2. The Kier molecular flexibility index (Phi) is 10.4. The summed E-state index contributed by atoms with van der Waals surface area (Å²) in [6.07, 6.45) is 6.22. The van der Waals surface area contributed by atoms with Crippen molar-refractivity contribution in [3.8, 4) is 0 Å². The second-order valence-corrected chi connectivity index (χ2v) is 13.5. The topological polar surface area (TPSA) is 90.4 Å². The van der Waals surface area contributed by atoms with Crippen LogP contribution in [0.25, 0.3) is 0 Å². The van der Waals surface area contributed by atoms with Crippen LogP contribution in [-0.4, -0.2) is 76.7 Å². The first-order chi connectivity index (χ1) is 21.9. The van der Waals surface area contributed by atoms with Gasteiger partial charge in [0.2, 0.25) is 5.91 Å². The third-order valence-corrected chi connectivity index (χ3v) is 11.6. The van der Waals surface area contributed by atoms with Crippen LogP contribution in [0, 0.1) is 11.8 Å². The van der Waals surface area contributed by atoms with E-state index in [2.05, 4.69) is 31.9 Å². The molecular weight excluding hydrogens is 586 g/mol. The second kappa shape index (κ2) is 14.3. The number of likely N-dealkylation sites (tertiary alicyclic amines) is 1. The second-order valence-electron chi connectivity index (χ2n) is 11.9. The lowest BCUT2D eigenvalue weighted by Crippen LogP contribution is -2.56. The van der Waals surface area contributed by atoms with Crippen LogP contribution in [0.2, 0.25) is 0 Å². The lowest BCUT2D eigenvalue weighted by molar-refractivity contribution is -0.154. The molecule has 5 rings (SSSR count). The molecule has 0 aliphatic carbocycles. The number of aliphatic hydroxyl groups is 1. The molecule has 3 fully saturated rings. The van der Waals surface area contributed by atoms with Crippen molar-refractivity contribution >= 4 is 40.9 Å². The van der Waals surface area contributed by atoms with E-state index in [9.17, 15) is 19.5 Å². The Hall–Kier alpha value is -3.56. The van der Waals surface area contributed by atoms with Gasteiger partial charge in [0.15, 0.2) is 0 Å². The number of esters is 1. The summed E-state index contributed by atoms with van der Waals surface area (Å²) in [5.74, 6) is -2.23. The summed E-state index contributed by atoms with van der Waals surface area (Å²) in [7, 11) is 0. The molecule has 0 saturated carbocycles. The fourth-order valence-electron chi connectivity index (χ4n) is 7.53. The van der Waals surface area contributed by atoms with Crippen LogP contribution >= 0.6 is 11.8 Å². The van der Waals surface area contributed by atoms with Gasteiger partial charge in [-0.1, -0.05) is 42.5 Å². The highest BCUT2D eigenvalue weighted by molar-refractivity contribution is 8.02. The summed E-state index contributed by atoms with van der Waals surface area (Å²) in [5.41, 5.74) is 2.51. The van der Waals surface area contributed by atoms with Crippen molar-refractivity contribution in [2.24, 2.45) is 11.8 Å². The average Bonchev–Trinajstić information content (AvgIpc) is 3.71. The molecule has 3 aliphatic heterocycles. The van der Waals surface area contributed by atoms with E-state index in [1.165, 1.54) is 0 Å². The van der Waals surface area contributed by atoms with Crippen molar-refractivity contribution in [1.82, 2.24) is 4.90 Å². The number of anilines is 2. The molecular formula is C36H45N3O5S. The molecule has 6 atom stereocenters. The Morgan fingerprint density at radius 1 is 1.09 bits per heavy atom. The Labute approximate surface area is 271 Å². The van der Waals surface area contributed by atoms with Gasteiger partial charge in [-0.2, -0.15) is 0 Å². The molecule has 3 aliphatic rings. The molecule has 2 aromatic carbocycles. The van der Waals surface area contributed by atoms with Crippen LogP contribution in [-0.2, 0) is 19.1 Å². The van der Waals surface area contributed by atoms with Crippen LogP contribution in [0.1, 0.15) is 51.1 Å². The number of rotatable bonds is 15. The summed E-state index contributed by atoms with van der Waals surface area (Å²) in [6.45, 7) is 13.8. The van der Waals surface area contributed by atoms with Crippen LogP contribution in [0.3, 0.4) is 0 Å². The molecule has 0 aromatic heterocycles. The summed E-state index contributed by atoms with van der Waals surface area (Å²) >= 11 is 1.60. The highest BCUT2D eigenvalue weighted by Crippen LogP contribution is 2.67. The summed E-state index contributed by atoms with van der Waals surface area (Å²) in [5, 5.41) is 10.7. The predicted molar refractivity (Wildman–Crippen MR) is 180 cm³/mol. The molecule has 1 N–H and O–H groups in total. The van der Waals surface area contributed by atoms with Gasteiger partial charge in [0, 0.05) is 36.3 Å². The molecule has 0 radical (unpaired) electrons. The van der Waals surface area contributed by atoms with Crippen molar-refractivity contribution in [3.63, 3.8) is 0 Å². The van der Waals surface area contributed by atoms with Crippen molar-refractivity contribution in [2.75, 3.05) is 42.6 Å². The number of nitrogens with zero attached hydrogens (tertiary/aromatic N) is 3. The van der Waals surface area contributed by atoms with Gasteiger partial charge in [-0.3, -0.25) is 14.4 Å². The fraction of sp³-hybridized carbons (Fsp3) is 0.472. The van der Waals surface area contributed by atoms with Crippen molar-refractivity contribution in [2.45, 2.75) is 61.6 Å². The van der Waals surface area contributed by atoms with Crippen LogP contribution in [0.4, 0.5) is 11.4 Å². The van der Waals surface area contributed by atoms with Crippen molar-refractivity contribution < 1.29 is 24.2 Å². The lowest BCUT2D eigenvalue weighted by atomic mass is 9.71. The number of ether oxygens (including phenoxy) is 1. The summed E-state index contributed by atoms with van der Waals surface area (Å²) in [6, 6.07) is 15.6. The molecule has 2 unspecified atom stereocenters. The highest BCUT2D eigenvalue weighted by atomic mass is 32.2. The zero-order valence-corrected chi connectivity index (χ0v) is 27.2. The first-order valence-corrected chi connectivity index (χ1v) is 16.9. The van der Waals surface area contributed by atoms with Gasteiger partial charge >= 0.3 is 5.97 Å². The van der Waals surface area contributed by atoms with Crippen LogP contribution in [0.15, 0.2) is 79.9 Å². The minimum Gasteiger partial charge on any atom is -0.465 e. The zero-order chi connectivity index (χ0) is 32.1. The molecule has 240 valence electrons. The lowest BCUT2D eigenvalue weighted by Gasteiger charge is -2.39. The van der Waals surface area contributed by atoms with Crippen LogP contribution in [0.5, 0.6) is 0 Å². The molecule has 3 saturated heterocycles. The van der Waals surface area contributed by atoms with Gasteiger partial charge in [0.25, 0.3) is 5.91 Å². The van der Waals surface area contributed by atoms with E-state index in [0.29, 0.717) is 24.9 Å². The van der Waals surface area contributed by atoms with Gasteiger partial charge in [0.05, 0.1) is 35.8 Å². The number of hydrogen-bond acceptors (Lipinski definition) is 7. The standard InChI is InChI=1S/C36H45N3O5S/c1-5-9-13-23-44-35(43)30-29-20-21-36(45-29)31(30)33(41)39(28(24-40)25-14-11-10-12-15-25)32(36)34(42)38(22-6-2)27-18-16-26(17-19-27)37(7-3)8-4/h5-6,10-12,14-19,28-32,40H,1-2,7-9,13,20-24H2,3-4H3/t28-,29+,30-,31+,32?,36?/m1/s1. The number of carbonyl (C=O) groups is 3. The van der Waals surface area contributed by atoms with E-state index < -0.39 is 28.7 Å². The SMILES string of the molecule is C=CCCCOC(=O)[C@@H]1[C@@H]2CCC3(S2)C(C(=O)N(CC=C)c2ccc(N(CC)CC)cc2)N([C@H](CO)c2ccccc2)C(=O)[C@H]13. The molecule has 2 aromatic rings. The average molecular weight is 632 g/mol. The van der Waals surface area contributed by atoms with Gasteiger partial charge < -0.3 is 24.5 Å². The molecule has 3 heterocycles. The molecule has 1 spiro atoms. The van der Waals surface area contributed by atoms with E-state index >= 15 is 0 Å². The quantitative estimate of drug-likeness (QED) is 0.160.